The van der Waals surface area contributed by atoms with Gasteiger partial charge in [0.2, 0.25) is 0 Å². The van der Waals surface area contributed by atoms with Crippen molar-refractivity contribution in [3.8, 4) is 0 Å². The number of halogens is 1. The standard InChI is InChI=1S/C15H17BrN2O/c1-4-14(19)15-10(2)17-18(11(15)3)9-12-5-7-13(16)8-6-12/h5-8H,4,9H2,1-3H3. The van der Waals surface area contributed by atoms with Crippen LogP contribution in [-0.2, 0) is 6.54 Å². The van der Waals surface area contributed by atoms with Crippen molar-refractivity contribution >= 4 is 21.7 Å². The summed E-state index contributed by atoms with van der Waals surface area (Å²) in [5, 5.41) is 4.48. The Morgan fingerprint density at radius 1 is 1.26 bits per heavy atom. The monoisotopic (exact) mass is 320 g/mol. The van der Waals surface area contributed by atoms with Gasteiger partial charge in [-0.3, -0.25) is 9.48 Å². The van der Waals surface area contributed by atoms with Crippen LogP contribution in [-0.4, -0.2) is 15.6 Å². The van der Waals surface area contributed by atoms with Gasteiger partial charge in [-0.15, -0.1) is 0 Å². The molecule has 0 unspecified atom stereocenters. The lowest BCUT2D eigenvalue weighted by Crippen LogP contribution is -2.05. The first-order chi connectivity index (χ1) is 9.02. The molecule has 0 radical (unpaired) electrons. The summed E-state index contributed by atoms with van der Waals surface area (Å²) in [6.45, 7) is 6.43. The zero-order valence-corrected chi connectivity index (χ0v) is 13.0. The van der Waals surface area contributed by atoms with E-state index >= 15 is 0 Å². The van der Waals surface area contributed by atoms with Crippen molar-refractivity contribution in [2.75, 3.05) is 0 Å². The summed E-state index contributed by atoms with van der Waals surface area (Å²) in [5.41, 5.74) is 3.72. The summed E-state index contributed by atoms with van der Waals surface area (Å²) in [5.74, 6) is 0.164. The molecule has 19 heavy (non-hydrogen) atoms. The Balaban J connectivity index is 2.31. The Morgan fingerprint density at radius 3 is 2.47 bits per heavy atom. The molecule has 1 heterocycles. The van der Waals surface area contributed by atoms with Crippen LogP contribution in [0.4, 0.5) is 0 Å². The minimum atomic E-state index is 0.164. The third kappa shape index (κ3) is 2.95. The van der Waals surface area contributed by atoms with Gasteiger partial charge in [0.25, 0.3) is 0 Å². The summed E-state index contributed by atoms with van der Waals surface area (Å²) < 4.78 is 2.97. The summed E-state index contributed by atoms with van der Waals surface area (Å²) in [4.78, 5) is 11.9. The van der Waals surface area contributed by atoms with E-state index in [9.17, 15) is 4.79 Å². The van der Waals surface area contributed by atoms with Crippen molar-refractivity contribution in [3.05, 3.63) is 51.3 Å². The average molecular weight is 321 g/mol. The highest BCUT2D eigenvalue weighted by atomic mass is 79.9. The quantitative estimate of drug-likeness (QED) is 0.801. The maximum absolute atomic E-state index is 11.9. The number of aryl methyl sites for hydroxylation is 1. The SMILES string of the molecule is CCC(=O)c1c(C)nn(Cc2ccc(Br)cc2)c1C. The number of nitrogens with zero attached hydrogens (tertiary/aromatic N) is 2. The molecular weight excluding hydrogens is 304 g/mol. The lowest BCUT2D eigenvalue weighted by Gasteiger charge is -2.05. The van der Waals surface area contributed by atoms with Gasteiger partial charge >= 0.3 is 0 Å². The van der Waals surface area contributed by atoms with Crippen LogP contribution >= 0.6 is 15.9 Å². The number of aromatic nitrogens is 2. The first-order valence-corrected chi connectivity index (χ1v) is 7.14. The predicted molar refractivity (Wildman–Crippen MR) is 79.6 cm³/mol. The molecule has 0 aliphatic rings. The lowest BCUT2D eigenvalue weighted by atomic mass is 10.1. The maximum Gasteiger partial charge on any atom is 0.166 e. The molecular formula is C15H17BrN2O. The molecule has 0 fully saturated rings. The van der Waals surface area contributed by atoms with Crippen molar-refractivity contribution in [2.45, 2.75) is 33.7 Å². The Hall–Kier alpha value is -1.42. The Labute approximate surface area is 121 Å². The molecule has 0 amide bonds. The minimum absolute atomic E-state index is 0.164. The third-order valence-corrected chi connectivity index (χ3v) is 3.76. The number of ketones is 1. The van der Waals surface area contributed by atoms with Gasteiger partial charge < -0.3 is 0 Å². The topological polar surface area (TPSA) is 34.9 Å². The largest absolute Gasteiger partial charge is 0.294 e. The van der Waals surface area contributed by atoms with Crippen molar-refractivity contribution in [2.24, 2.45) is 0 Å². The number of benzene rings is 1. The number of carbonyl (C=O) groups is 1. The van der Waals surface area contributed by atoms with Gasteiger partial charge in [0.1, 0.15) is 0 Å². The Kier molecular flexibility index (Phi) is 4.20. The predicted octanol–water partition coefficient (Wildman–Crippen LogP) is 3.90. The molecule has 4 heteroatoms. The highest BCUT2D eigenvalue weighted by Crippen LogP contribution is 2.17. The molecule has 0 spiro atoms. The molecule has 3 nitrogen and oxygen atoms in total. The molecule has 0 N–H and O–H groups in total. The van der Waals surface area contributed by atoms with Gasteiger partial charge in [0.15, 0.2) is 5.78 Å². The summed E-state index contributed by atoms with van der Waals surface area (Å²) in [6.07, 6.45) is 0.520. The number of hydrogen-bond donors (Lipinski definition) is 0. The molecule has 1 aromatic carbocycles. The van der Waals surface area contributed by atoms with Crippen molar-refractivity contribution in [1.82, 2.24) is 9.78 Å². The zero-order chi connectivity index (χ0) is 14.0. The number of carbonyl (C=O) groups excluding carboxylic acids is 1. The molecule has 0 atom stereocenters. The fourth-order valence-electron chi connectivity index (χ4n) is 2.19. The van der Waals surface area contributed by atoms with Gasteiger partial charge in [-0.05, 0) is 31.5 Å². The van der Waals surface area contributed by atoms with Crippen LogP contribution in [0.1, 0.15) is 40.7 Å². The Bertz CT molecular complexity index is 599. The normalized spacial score (nSPS) is 10.7. The van der Waals surface area contributed by atoms with Crippen LogP contribution in [0.25, 0.3) is 0 Å². The zero-order valence-electron chi connectivity index (χ0n) is 11.4. The van der Waals surface area contributed by atoms with Gasteiger partial charge in [0, 0.05) is 16.6 Å². The summed E-state index contributed by atoms with van der Waals surface area (Å²) in [6, 6.07) is 8.14. The average Bonchev–Trinajstić information content (AvgIpc) is 2.66. The first-order valence-electron chi connectivity index (χ1n) is 6.34. The van der Waals surface area contributed by atoms with Gasteiger partial charge in [-0.1, -0.05) is 35.0 Å². The van der Waals surface area contributed by atoms with Gasteiger partial charge in [-0.25, -0.2) is 0 Å². The fraction of sp³-hybridized carbons (Fsp3) is 0.333. The second-order valence-corrected chi connectivity index (χ2v) is 5.52. The van der Waals surface area contributed by atoms with E-state index in [2.05, 4.69) is 33.2 Å². The minimum Gasteiger partial charge on any atom is -0.294 e. The molecule has 0 saturated heterocycles. The third-order valence-electron chi connectivity index (χ3n) is 3.23. The van der Waals surface area contributed by atoms with Crippen LogP contribution in [0.2, 0.25) is 0 Å². The maximum atomic E-state index is 11.9. The first kappa shape index (κ1) is 14.0. The van der Waals surface area contributed by atoms with E-state index in [1.165, 1.54) is 5.56 Å². The highest BCUT2D eigenvalue weighted by molar-refractivity contribution is 9.10. The van der Waals surface area contributed by atoms with Crippen molar-refractivity contribution in [1.29, 1.82) is 0 Å². The number of hydrogen-bond acceptors (Lipinski definition) is 2. The van der Waals surface area contributed by atoms with Crippen LogP contribution in [0.15, 0.2) is 28.7 Å². The van der Waals surface area contributed by atoms with Crippen LogP contribution < -0.4 is 0 Å². The lowest BCUT2D eigenvalue weighted by molar-refractivity contribution is 0.0987. The van der Waals surface area contributed by atoms with E-state index in [1.54, 1.807) is 0 Å². The van der Waals surface area contributed by atoms with Crippen molar-refractivity contribution in [3.63, 3.8) is 0 Å². The van der Waals surface area contributed by atoms with Gasteiger partial charge in [-0.2, -0.15) is 5.10 Å². The molecule has 0 aliphatic heterocycles. The molecule has 100 valence electrons. The van der Waals surface area contributed by atoms with E-state index in [-0.39, 0.29) is 5.78 Å². The number of rotatable bonds is 4. The fourth-order valence-corrected chi connectivity index (χ4v) is 2.46. The molecule has 2 aromatic rings. The summed E-state index contributed by atoms with van der Waals surface area (Å²) in [7, 11) is 0. The van der Waals surface area contributed by atoms with Crippen LogP contribution in [0.5, 0.6) is 0 Å². The highest BCUT2D eigenvalue weighted by Gasteiger charge is 2.16. The van der Waals surface area contributed by atoms with E-state index in [4.69, 9.17) is 0 Å². The molecule has 2 rings (SSSR count). The van der Waals surface area contributed by atoms with Gasteiger partial charge in [0.05, 0.1) is 17.8 Å². The van der Waals surface area contributed by atoms with E-state index < -0.39 is 0 Å². The molecule has 0 aliphatic carbocycles. The molecule has 1 aromatic heterocycles. The van der Waals surface area contributed by atoms with E-state index in [1.807, 2.05) is 37.6 Å². The second kappa shape index (κ2) is 5.70. The molecule has 0 bridgehead atoms. The van der Waals surface area contributed by atoms with Crippen LogP contribution in [0, 0.1) is 13.8 Å². The van der Waals surface area contributed by atoms with Crippen LogP contribution in [0.3, 0.4) is 0 Å². The smallest absolute Gasteiger partial charge is 0.166 e. The van der Waals surface area contributed by atoms with E-state index in [0.717, 1.165) is 21.4 Å². The second-order valence-electron chi connectivity index (χ2n) is 4.61. The Morgan fingerprint density at radius 2 is 1.89 bits per heavy atom. The van der Waals surface area contributed by atoms with Crippen molar-refractivity contribution < 1.29 is 4.79 Å². The molecule has 0 saturated carbocycles. The van der Waals surface area contributed by atoms with E-state index in [0.29, 0.717) is 13.0 Å². The summed E-state index contributed by atoms with van der Waals surface area (Å²) >= 11 is 3.42. The number of Topliss-reactive ketones (excluding diaryl/α,β-unsaturated/α-hetero) is 1.